The molecule has 0 radical (unpaired) electrons. The third kappa shape index (κ3) is 3.91. The first-order valence-corrected chi connectivity index (χ1v) is 7.42. The minimum Gasteiger partial charge on any atom is -0.393 e. The van der Waals surface area contributed by atoms with Crippen molar-refractivity contribution in [3.8, 4) is 0 Å². The van der Waals surface area contributed by atoms with Crippen molar-refractivity contribution in [2.75, 3.05) is 26.7 Å². The van der Waals surface area contributed by atoms with Crippen molar-refractivity contribution in [3.63, 3.8) is 0 Å². The molecule has 110 valence electrons. The molecule has 1 saturated heterocycles. The lowest BCUT2D eigenvalue weighted by Gasteiger charge is -2.37. The van der Waals surface area contributed by atoms with Crippen molar-refractivity contribution in [2.24, 2.45) is 0 Å². The Kier molecular flexibility index (Phi) is 5.19. The van der Waals surface area contributed by atoms with Gasteiger partial charge in [-0.25, -0.2) is 0 Å². The number of likely N-dealkylation sites (N-methyl/N-ethyl adjacent to an activating group) is 1. The zero-order chi connectivity index (χ0) is 13.8. The van der Waals surface area contributed by atoms with Crippen LogP contribution in [-0.2, 0) is 4.79 Å². The summed E-state index contributed by atoms with van der Waals surface area (Å²) in [5, 5.41) is 19.4. The zero-order valence-electron chi connectivity index (χ0n) is 11.8. The minimum absolute atomic E-state index is 0.118. The number of piperidine rings is 1. The van der Waals surface area contributed by atoms with Crippen LogP contribution in [0, 0.1) is 0 Å². The van der Waals surface area contributed by atoms with E-state index in [9.17, 15) is 15.0 Å². The fraction of sp³-hybridized carbons (Fsp3) is 0.929. The maximum Gasteiger partial charge on any atom is 0.236 e. The number of rotatable bonds is 3. The molecule has 19 heavy (non-hydrogen) atoms. The van der Waals surface area contributed by atoms with Crippen molar-refractivity contribution >= 4 is 5.91 Å². The predicted molar refractivity (Wildman–Crippen MR) is 72.7 cm³/mol. The molecule has 5 heteroatoms. The van der Waals surface area contributed by atoms with Crippen LogP contribution in [0.5, 0.6) is 0 Å². The van der Waals surface area contributed by atoms with Gasteiger partial charge in [-0.1, -0.05) is 12.8 Å². The van der Waals surface area contributed by atoms with Gasteiger partial charge in [0.1, 0.15) is 0 Å². The van der Waals surface area contributed by atoms with E-state index in [0.29, 0.717) is 32.5 Å². The maximum atomic E-state index is 12.2. The number of nitrogens with zero attached hydrogens (tertiary/aromatic N) is 2. The normalized spacial score (nSPS) is 29.8. The third-order valence-electron chi connectivity index (χ3n) is 4.46. The van der Waals surface area contributed by atoms with E-state index in [1.54, 1.807) is 0 Å². The zero-order valence-corrected chi connectivity index (χ0v) is 11.8. The summed E-state index contributed by atoms with van der Waals surface area (Å²) in [6, 6.07) is 0.119. The largest absolute Gasteiger partial charge is 0.393 e. The predicted octanol–water partition coefficient (Wildman–Crippen LogP) is 0.205. The molecule has 1 amide bonds. The second-order valence-electron chi connectivity index (χ2n) is 5.95. The van der Waals surface area contributed by atoms with E-state index < -0.39 is 0 Å². The van der Waals surface area contributed by atoms with E-state index in [4.69, 9.17) is 0 Å². The summed E-state index contributed by atoms with van der Waals surface area (Å²) in [5.41, 5.74) is 0. The summed E-state index contributed by atoms with van der Waals surface area (Å²) >= 11 is 0. The molecule has 2 atom stereocenters. The number of likely N-dealkylation sites (tertiary alicyclic amines) is 1. The van der Waals surface area contributed by atoms with E-state index in [0.717, 1.165) is 25.7 Å². The quantitative estimate of drug-likeness (QED) is 0.769. The SMILES string of the molecule is CN(CC(=O)N1CCC(O)CC1)C1CCCCC1O. The molecule has 0 bridgehead atoms. The Morgan fingerprint density at radius 3 is 2.42 bits per heavy atom. The summed E-state index contributed by atoms with van der Waals surface area (Å²) in [7, 11) is 1.93. The molecule has 1 saturated carbocycles. The van der Waals surface area contributed by atoms with Gasteiger partial charge in [0.15, 0.2) is 0 Å². The first kappa shape index (κ1) is 14.8. The first-order chi connectivity index (χ1) is 9.08. The lowest BCUT2D eigenvalue weighted by atomic mass is 9.91. The molecule has 2 aliphatic rings. The topological polar surface area (TPSA) is 64.0 Å². The molecule has 0 aromatic carbocycles. The third-order valence-corrected chi connectivity index (χ3v) is 4.46. The molecule has 5 nitrogen and oxygen atoms in total. The Morgan fingerprint density at radius 1 is 1.16 bits per heavy atom. The highest BCUT2D eigenvalue weighted by Gasteiger charge is 2.29. The van der Waals surface area contributed by atoms with Crippen molar-refractivity contribution < 1.29 is 15.0 Å². The highest BCUT2D eigenvalue weighted by Crippen LogP contribution is 2.22. The molecule has 2 N–H and O–H groups in total. The van der Waals surface area contributed by atoms with Gasteiger partial charge in [-0.15, -0.1) is 0 Å². The van der Waals surface area contributed by atoms with Crippen LogP contribution in [0.3, 0.4) is 0 Å². The summed E-state index contributed by atoms with van der Waals surface area (Å²) < 4.78 is 0. The van der Waals surface area contributed by atoms with Gasteiger partial charge in [-0.2, -0.15) is 0 Å². The van der Waals surface area contributed by atoms with Crippen molar-refractivity contribution in [2.45, 2.75) is 56.8 Å². The van der Waals surface area contributed by atoms with Crippen LogP contribution in [0.1, 0.15) is 38.5 Å². The van der Waals surface area contributed by atoms with Crippen LogP contribution in [-0.4, -0.2) is 70.9 Å². The number of carbonyl (C=O) groups excluding carboxylic acids is 1. The molecule has 0 aromatic rings. The lowest BCUT2D eigenvalue weighted by Crippen LogP contribution is -2.49. The number of amides is 1. The second-order valence-corrected chi connectivity index (χ2v) is 5.95. The molecule has 0 spiro atoms. The van der Waals surface area contributed by atoms with Gasteiger partial charge in [0.2, 0.25) is 5.91 Å². The summed E-state index contributed by atoms with van der Waals surface area (Å²) in [6.07, 6.45) is 4.86. The average molecular weight is 270 g/mol. The van der Waals surface area contributed by atoms with Gasteiger partial charge >= 0.3 is 0 Å². The smallest absolute Gasteiger partial charge is 0.236 e. The number of carbonyl (C=O) groups is 1. The van der Waals surface area contributed by atoms with Gasteiger partial charge in [-0.05, 0) is 32.7 Å². The van der Waals surface area contributed by atoms with E-state index in [1.165, 1.54) is 0 Å². The Hall–Kier alpha value is -0.650. The molecule has 1 aliphatic carbocycles. The summed E-state index contributed by atoms with van der Waals surface area (Å²) in [6.45, 7) is 1.68. The minimum atomic E-state index is -0.297. The number of aliphatic hydroxyl groups is 2. The van der Waals surface area contributed by atoms with Gasteiger partial charge in [0.25, 0.3) is 0 Å². The van der Waals surface area contributed by atoms with E-state index in [-0.39, 0.29) is 24.2 Å². The molecule has 2 unspecified atom stereocenters. The molecular formula is C14H26N2O3. The van der Waals surface area contributed by atoms with E-state index in [1.807, 2.05) is 16.8 Å². The van der Waals surface area contributed by atoms with Gasteiger partial charge in [0.05, 0.1) is 18.8 Å². The van der Waals surface area contributed by atoms with Crippen LogP contribution in [0.2, 0.25) is 0 Å². The Balaban J connectivity index is 1.80. The van der Waals surface area contributed by atoms with Crippen LogP contribution >= 0.6 is 0 Å². The van der Waals surface area contributed by atoms with Gasteiger partial charge in [0, 0.05) is 19.1 Å². The molecule has 2 rings (SSSR count). The monoisotopic (exact) mass is 270 g/mol. The second kappa shape index (κ2) is 6.68. The average Bonchev–Trinajstić information content (AvgIpc) is 2.39. The highest BCUT2D eigenvalue weighted by atomic mass is 16.3. The van der Waals surface area contributed by atoms with Crippen molar-refractivity contribution in [3.05, 3.63) is 0 Å². The van der Waals surface area contributed by atoms with Gasteiger partial charge < -0.3 is 15.1 Å². The molecular weight excluding hydrogens is 244 g/mol. The lowest BCUT2D eigenvalue weighted by molar-refractivity contribution is -0.135. The van der Waals surface area contributed by atoms with Crippen LogP contribution in [0.25, 0.3) is 0 Å². The standard InChI is InChI=1S/C14H26N2O3/c1-15(12-4-2-3-5-13(12)18)10-14(19)16-8-6-11(17)7-9-16/h11-13,17-18H,2-10H2,1H3. The van der Waals surface area contributed by atoms with E-state index in [2.05, 4.69) is 0 Å². The molecule has 2 fully saturated rings. The van der Waals surface area contributed by atoms with Crippen LogP contribution in [0.4, 0.5) is 0 Å². The van der Waals surface area contributed by atoms with Crippen molar-refractivity contribution in [1.82, 2.24) is 9.80 Å². The van der Waals surface area contributed by atoms with Crippen LogP contribution in [0.15, 0.2) is 0 Å². The van der Waals surface area contributed by atoms with Crippen LogP contribution < -0.4 is 0 Å². The fourth-order valence-electron chi connectivity index (χ4n) is 3.15. The first-order valence-electron chi connectivity index (χ1n) is 7.42. The maximum absolute atomic E-state index is 12.2. The highest BCUT2D eigenvalue weighted by molar-refractivity contribution is 5.78. The number of hydrogen-bond acceptors (Lipinski definition) is 4. The molecule has 1 heterocycles. The fourth-order valence-corrected chi connectivity index (χ4v) is 3.15. The summed E-state index contributed by atoms with van der Waals surface area (Å²) in [4.78, 5) is 16.0. The van der Waals surface area contributed by atoms with E-state index >= 15 is 0 Å². The molecule has 0 aromatic heterocycles. The number of aliphatic hydroxyl groups excluding tert-OH is 2. The van der Waals surface area contributed by atoms with Gasteiger partial charge in [-0.3, -0.25) is 9.69 Å². The molecule has 1 aliphatic heterocycles. The Labute approximate surface area is 115 Å². The Bertz CT molecular complexity index is 303. The summed E-state index contributed by atoms with van der Waals surface area (Å²) in [5.74, 6) is 0.118. The Morgan fingerprint density at radius 2 is 1.79 bits per heavy atom. The number of hydrogen-bond donors (Lipinski definition) is 2. The van der Waals surface area contributed by atoms with Crippen molar-refractivity contribution in [1.29, 1.82) is 0 Å².